The van der Waals surface area contributed by atoms with E-state index in [0.717, 1.165) is 0 Å². The average molecular weight is 280 g/mol. The van der Waals surface area contributed by atoms with Crippen LogP contribution in [-0.4, -0.2) is 29.6 Å². The molecule has 21 heavy (non-hydrogen) atoms. The Bertz CT molecular complexity index is 700. The molecule has 0 amide bonds. The fraction of sp³-hybridized carbons (Fsp3) is 0. The number of benzene rings is 3. The number of hydrogen-bond donors (Lipinski definition) is 0. The van der Waals surface area contributed by atoms with Gasteiger partial charge in [0.2, 0.25) is 0 Å². The average Bonchev–Trinajstić information content (AvgIpc) is 2.55. The van der Waals surface area contributed by atoms with E-state index in [0.29, 0.717) is 0 Å². The monoisotopic (exact) mass is 280 g/mol. The van der Waals surface area contributed by atoms with Gasteiger partial charge in [0.25, 0.3) is 0 Å². The molecule has 1 heteroatoms. The van der Waals surface area contributed by atoms with Crippen molar-refractivity contribution < 1.29 is 0 Å². The van der Waals surface area contributed by atoms with Gasteiger partial charge in [-0.05, 0) is 22.3 Å². The molecule has 0 atom stereocenters. The quantitative estimate of drug-likeness (QED) is 0.474. The van der Waals surface area contributed by atoms with Gasteiger partial charge in [-0.15, -0.1) is 0 Å². The van der Waals surface area contributed by atoms with Gasteiger partial charge in [-0.1, -0.05) is 97.1 Å². The second-order valence-corrected chi connectivity index (χ2v) is 4.70. The summed E-state index contributed by atoms with van der Waals surface area (Å²) in [7, 11) is 0. The summed E-state index contributed by atoms with van der Waals surface area (Å²) in [6, 6.07) is 29.4. The molecule has 0 N–H and O–H groups in total. The van der Waals surface area contributed by atoms with Crippen LogP contribution in [0.4, 0.5) is 0 Å². The number of rotatable bonds is 3. The summed E-state index contributed by atoms with van der Waals surface area (Å²) in [6.45, 7) is 0. The van der Waals surface area contributed by atoms with Crippen molar-refractivity contribution in [1.29, 1.82) is 0 Å². The Labute approximate surface area is 148 Å². The summed E-state index contributed by atoms with van der Waals surface area (Å²) in [5.74, 6) is 0. The zero-order valence-corrected chi connectivity index (χ0v) is 11.2. The molecule has 0 saturated heterocycles. The molecule has 0 nitrogen and oxygen atoms in total. The van der Waals surface area contributed by atoms with Crippen molar-refractivity contribution in [3.63, 3.8) is 0 Å². The van der Waals surface area contributed by atoms with Gasteiger partial charge in [-0.3, -0.25) is 0 Å². The van der Waals surface area contributed by atoms with Crippen molar-refractivity contribution in [2.45, 2.75) is 0 Å². The van der Waals surface area contributed by atoms with Crippen molar-refractivity contribution in [3.05, 3.63) is 96.1 Å². The fourth-order valence-electron chi connectivity index (χ4n) is 2.27. The third-order valence-corrected chi connectivity index (χ3v) is 3.30. The van der Waals surface area contributed by atoms with Crippen LogP contribution in [0.2, 0.25) is 0 Å². The van der Waals surface area contributed by atoms with Gasteiger partial charge < -0.3 is 0 Å². The minimum atomic E-state index is 0. The van der Waals surface area contributed by atoms with E-state index in [1.54, 1.807) is 0 Å². The predicted octanol–water partition coefficient (Wildman–Crippen LogP) is 4.88. The van der Waals surface area contributed by atoms with Gasteiger partial charge >= 0.3 is 29.6 Å². The molecule has 0 unspecified atom stereocenters. The van der Waals surface area contributed by atoms with Crippen LogP contribution in [0.3, 0.4) is 0 Å². The summed E-state index contributed by atoms with van der Waals surface area (Å²) in [4.78, 5) is 0. The second kappa shape index (κ2) is 7.99. The van der Waals surface area contributed by atoms with Gasteiger partial charge in [0.05, 0.1) is 0 Å². The molecule has 0 spiro atoms. The summed E-state index contributed by atoms with van der Waals surface area (Å²) >= 11 is 0. The maximum absolute atomic E-state index is 2.18. The van der Waals surface area contributed by atoms with Crippen LogP contribution in [0, 0.1) is 0 Å². The van der Waals surface area contributed by atoms with Crippen molar-refractivity contribution in [2.75, 3.05) is 0 Å². The van der Waals surface area contributed by atoms with E-state index >= 15 is 0 Å². The first-order chi connectivity index (χ1) is 9.93. The Hall–Kier alpha value is -1.60. The van der Waals surface area contributed by atoms with Crippen LogP contribution in [0.1, 0.15) is 11.1 Å². The fourth-order valence-corrected chi connectivity index (χ4v) is 2.27. The summed E-state index contributed by atoms with van der Waals surface area (Å²) in [5.41, 5.74) is 4.97. The Balaban J connectivity index is 0.00000161. The molecule has 0 fully saturated rings. The second-order valence-electron chi connectivity index (χ2n) is 4.70. The predicted molar refractivity (Wildman–Crippen MR) is 94.4 cm³/mol. The molecule has 3 aromatic rings. The molecule has 0 heterocycles. The van der Waals surface area contributed by atoms with Gasteiger partial charge in [0.15, 0.2) is 0 Å². The molecule has 0 aliphatic carbocycles. The molecule has 3 rings (SSSR count). The Morgan fingerprint density at radius 1 is 0.524 bits per heavy atom. The van der Waals surface area contributed by atoms with E-state index in [1.807, 2.05) is 12.1 Å². The molecule has 0 aliphatic heterocycles. The first-order valence-electron chi connectivity index (χ1n) is 6.81. The molecule has 0 bridgehead atoms. The first-order valence-corrected chi connectivity index (χ1v) is 6.81. The van der Waals surface area contributed by atoms with Gasteiger partial charge in [-0.25, -0.2) is 0 Å². The summed E-state index contributed by atoms with van der Waals surface area (Å²) in [6.07, 6.45) is 4.33. The molecule has 0 saturated carbocycles. The van der Waals surface area contributed by atoms with E-state index in [2.05, 4.69) is 84.9 Å². The Kier molecular flexibility index (Phi) is 6.01. The normalized spacial score (nSPS) is 10.3. The van der Waals surface area contributed by atoms with Gasteiger partial charge in [0, 0.05) is 0 Å². The van der Waals surface area contributed by atoms with E-state index in [-0.39, 0.29) is 29.6 Å². The van der Waals surface area contributed by atoms with Crippen molar-refractivity contribution in [2.24, 2.45) is 0 Å². The third-order valence-electron chi connectivity index (χ3n) is 3.30. The van der Waals surface area contributed by atoms with Crippen molar-refractivity contribution >= 4 is 41.7 Å². The molecule has 0 aromatic heterocycles. The molecular weight excluding hydrogens is 263 g/mol. The van der Waals surface area contributed by atoms with Crippen molar-refractivity contribution in [1.82, 2.24) is 0 Å². The SMILES string of the molecule is C(=Cc1ccccc1-c1ccccc1)c1ccccc1.[NaH]. The van der Waals surface area contributed by atoms with Gasteiger partial charge in [0.1, 0.15) is 0 Å². The van der Waals surface area contributed by atoms with Crippen LogP contribution in [0.15, 0.2) is 84.9 Å². The van der Waals surface area contributed by atoms with E-state index < -0.39 is 0 Å². The standard InChI is InChI=1S/C20H16.Na.H/c1-3-9-17(10-4-1)15-16-19-13-7-8-14-20(19)18-11-5-2-6-12-18;;/h1-16H;;. The van der Waals surface area contributed by atoms with Crippen LogP contribution < -0.4 is 0 Å². The number of hydrogen-bond acceptors (Lipinski definition) is 0. The zero-order valence-electron chi connectivity index (χ0n) is 11.2. The van der Waals surface area contributed by atoms with E-state index in [1.165, 1.54) is 22.3 Å². The minimum absolute atomic E-state index is 0. The van der Waals surface area contributed by atoms with Crippen LogP contribution in [-0.2, 0) is 0 Å². The topological polar surface area (TPSA) is 0 Å². The Morgan fingerprint density at radius 3 is 1.81 bits per heavy atom. The molecular formula is C20H17Na. The van der Waals surface area contributed by atoms with Crippen LogP contribution in [0.5, 0.6) is 0 Å². The molecule has 0 radical (unpaired) electrons. The maximum atomic E-state index is 2.18. The molecule has 3 aromatic carbocycles. The van der Waals surface area contributed by atoms with E-state index in [4.69, 9.17) is 0 Å². The Morgan fingerprint density at radius 2 is 1.10 bits per heavy atom. The third kappa shape index (κ3) is 4.18. The van der Waals surface area contributed by atoms with Crippen LogP contribution in [0.25, 0.3) is 23.3 Å². The summed E-state index contributed by atoms with van der Waals surface area (Å²) < 4.78 is 0. The van der Waals surface area contributed by atoms with Crippen molar-refractivity contribution in [3.8, 4) is 11.1 Å². The molecule has 0 aliphatic rings. The van der Waals surface area contributed by atoms with Gasteiger partial charge in [-0.2, -0.15) is 0 Å². The van der Waals surface area contributed by atoms with Crippen LogP contribution >= 0.6 is 0 Å². The summed E-state index contributed by atoms with van der Waals surface area (Å²) in [5, 5.41) is 0. The zero-order chi connectivity index (χ0) is 13.6. The first kappa shape index (κ1) is 15.8. The van der Waals surface area contributed by atoms with E-state index in [9.17, 15) is 0 Å². The molecule has 98 valence electrons.